The lowest BCUT2D eigenvalue weighted by Gasteiger charge is -2.36. The van der Waals surface area contributed by atoms with Crippen LogP contribution in [0.25, 0.3) is 17.2 Å². The van der Waals surface area contributed by atoms with E-state index in [2.05, 4.69) is 32.5 Å². The molecule has 1 unspecified atom stereocenters. The summed E-state index contributed by atoms with van der Waals surface area (Å²) in [5, 5.41) is 6.15. The van der Waals surface area contributed by atoms with Crippen molar-refractivity contribution in [3.63, 3.8) is 0 Å². The van der Waals surface area contributed by atoms with Crippen LogP contribution < -0.4 is 10.9 Å². The molecule has 1 saturated carbocycles. The van der Waals surface area contributed by atoms with E-state index < -0.39 is 5.60 Å². The van der Waals surface area contributed by atoms with E-state index in [1.807, 2.05) is 30.3 Å². The average molecular weight is 462 g/mol. The molecule has 5 rings (SSSR count). The Morgan fingerprint density at radius 1 is 1.15 bits per heavy atom. The zero-order valence-corrected chi connectivity index (χ0v) is 19.3. The number of allylic oxidation sites excluding steroid dienone is 1. The molecule has 2 heterocycles. The number of ether oxygens (including phenoxy) is 1. The molecule has 1 atom stereocenters. The Hall–Kier alpha value is -3.26. The van der Waals surface area contributed by atoms with Gasteiger partial charge in [-0.3, -0.25) is 14.7 Å². The highest BCUT2D eigenvalue weighted by Crippen LogP contribution is 2.33. The molecule has 3 aromatic rings. The number of amides is 1. The van der Waals surface area contributed by atoms with Crippen LogP contribution in [0.1, 0.15) is 57.1 Å². The van der Waals surface area contributed by atoms with Crippen LogP contribution in [0.15, 0.2) is 53.3 Å². The van der Waals surface area contributed by atoms with Gasteiger partial charge >= 0.3 is 0 Å². The molecule has 0 spiro atoms. The number of aromatic amines is 1. The molecule has 0 radical (unpaired) electrons. The Balaban J connectivity index is 1.32. The average Bonchev–Trinajstić information content (AvgIpc) is 3.33. The van der Waals surface area contributed by atoms with Crippen LogP contribution in [-0.4, -0.2) is 37.6 Å². The topological polar surface area (TPSA) is 101 Å². The maximum absolute atomic E-state index is 13.3. The Kier molecular flexibility index (Phi) is 6.58. The second-order valence-electron chi connectivity index (χ2n) is 9.33. The lowest BCUT2D eigenvalue weighted by atomic mass is 9.83. The second-order valence-corrected chi connectivity index (χ2v) is 9.33. The van der Waals surface area contributed by atoms with Crippen molar-refractivity contribution in [2.75, 3.05) is 6.54 Å². The Morgan fingerprint density at radius 2 is 1.97 bits per heavy atom. The molecule has 2 aliphatic rings. The van der Waals surface area contributed by atoms with Gasteiger partial charge in [-0.25, -0.2) is 4.98 Å². The van der Waals surface area contributed by atoms with Crippen molar-refractivity contribution in [3.8, 4) is 11.4 Å². The third-order valence-corrected chi connectivity index (χ3v) is 6.88. The number of aromatic nitrogens is 4. The maximum atomic E-state index is 13.3. The molecule has 34 heavy (non-hydrogen) atoms. The Labute approximate surface area is 198 Å². The summed E-state index contributed by atoms with van der Waals surface area (Å²) in [4.78, 5) is 35.0. The first-order chi connectivity index (χ1) is 16.6. The molecule has 2 aromatic heterocycles. The van der Waals surface area contributed by atoms with Crippen LogP contribution in [-0.2, 0) is 16.1 Å². The van der Waals surface area contributed by atoms with Crippen molar-refractivity contribution >= 4 is 11.7 Å². The zero-order chi connectivity index (χ0) is 23.4. The molecule has 178 valence electrons. The van der Waals surface area contributed by atoms with Gasteiger partial charge in [0.2, 0.25) is 0 Å². The predicted octanol–water partition coefficient (Wildman–Crippen LogP) is 3.78. The first-order valence-electron chi connectivity index (χ1n) is 12.3. The van der Waals surface area contributed by atoms with Crippen LogP contribution in [0, 0.1) is 5.92 Å². The van der Waals surface area contributed by atoms with E-state index in [0.717, 1.165) is 37.7 Å². The quantitative estimate of drug-likeness (QED) is 0.522. The van der Waals surface area contributed by atoms with Crippen molar-refractivity contribution in [1.29, 1.82) is 0 Å². The molecule has 1 amide bonds. The van der Waals surface area contributed by atoms with E-state index in [-0.39, 0.29) is 23.9 Å². The first-order valence-corrected chi connectivity index (χ1v) is 12.3. The van der Waals surface area contributed by atoms with E-state index in [9.17, 15) is 9.59 Å². The minimum atomic E-state index is -0.871. The van der Waals surface area contributed by atoms with Gasteiger partial charge in [0, 0.05) is 18.2 Å². The van der Waals surface area contributed by atoms with E-state index in [4.69, 9.17) is 4.74 Å². The highest BCUT2D eigenvalue weighted by atomic mass is 16.5. The fourth-order valence-corrected chi connectivity index (χ4v) is 4.94. The smallest absolute Gasteiger partial charge is 0.274 e. The van der Waals surface area contributed by atoms with Gasteiger partial charge in [-0.2, -0.15) is 9.50 Å². The predicted molar refractivity (Wildman–Crippen MR) is 129 cm³/mol. The number of nitrogens with zero attached hydrogens (tertiary/aromatic N) is 3. The molecule has 2 aliphatic carbocycles. The number of hydrogen-bond donors (Lipinski definition) is 2. The fraction of sp³-hybridized carbons (Fsp3) is 0.462. The molecule has 1 fully saturated rings. The summed E-state index contributed by atoms with van der Waals surface area (Å²) in [6, 6.07) is 11.0. The van der Waals surface area contributed by atoms with Gasteiger partial charge in [0.25, 0.3) is 17.2 Å². The molecule has 0 aliphatic heterocycles. The second kappa shape index (κ2) is 9.93. The van der Waals surface area contributed by atoms with Gasteiger partial charge in [0.05, 0.1) is 12.3 Å². The number of hydrogen-bond acceptors (Lipinski definition) is 5. The number of fused-ring (bicyclic) bond motifs is 1. The molecule has 8 nitrogen and oxygen atoms in total. The lowest BCUT2D eigenvalue weighted by Crippen LogP contribution is -2.51. The molecule has 2 N–H and O–H groups in total. The largest absolute Gasteiger partial charge is 0.359 e. The van der Waals surface area contributed by atoms with Gasteiger partial charge in [0.15, 0.2) is 5.82 Å². The standard InChI is InChI=1S/C26H31N5O3/c32-22-16-21(28-25-29-23(30-31(22)25)20-12-6-2-7-13-20)18-34-26(14-8-3-9-15-26)24(33)27-17-19-10-4-1-5-11-19/h2,4,6-7,10,12-13,16,19H,1,3,5,8-9,11,14-15,17-18H2,(H,27,33)(H,28,29,30). The van der Waals surface area contributed by atoms with Crippen LogP contribution in [0.3, 0.4) is 0 Å². The number of H-pyrrole nitrogens is 1. The van der Waals surface area contributed by atoms with Crippen LogP contribution in [0.2, 0.25) is 0 Å². The molecule has 8 heteroatoms. The van der Waals surface area contributed by atoms with Crippen LogP contribution in [0.4, 0.5) is 0 Å². The minimum Gasteiger partial charge on any atom is -0.359 e. The highest BCUT2D eigenvalue weighted by molar-refractivity contribution is 5.85. The summed E-state index contributed by atoms with van der Waals surface area (Å²) < 4.78 is 7.60. The number of nitrogens with one attached hydrogen (secondary N) is 2. The van der Waals surface area contributed by atoms with Crippen molar-refractivity contribution in [2.24, 2.45) is 5.92 Å². The molecule has 0 saturated heterocycles. The number of rotatable bonds is 7. The summed E-state index contributed by atoms with van der Waals surface area (Å²) in [5.74, 6) is 1.20. The normalized spacial score (nSPS) is 19.8. The summed E-state index contributed by atoms with van der Waals surface area (Å²) in [7, 11) is 0. The van der Waals surface area contributed by atoms with Crippen LogP contribution in [0.5, 0.6) is 0 Å². The third-order valence-electron chi connectivity index (χ3n) is 6.88. The first kappa shape index (κ1) is 22.5. The summed E-state index contributed by atoms with van der Waals surface area (Å²) in [5.41, 5.74) is 0.217. The lowest BCUT2D eigenvalue weighted by molar-refractivity contribution is -0.154. The van der Waals surface area contributed by atoms with Crippen molar-refractivity contribution in [3.05, 3.63) is 64.6 Å². The maximum Gasteiger partial charge on any atom is 0.274 e. The Bertz CT molecular complexity index is 1220. The Morgan fingerprint density at radius 3 is 2.74 bits per heavy atom. The van der Waals surface area contributed by atoms with E-state index in [1.165, 1.54) is 17.0 Å². The molecule has 1 aromatic carbocycles. The molecule has 0 bridgehead atoms. The molecular formula is C26H31N5O3. The summed E-state index contributed by atoms with van der Waals surface area (Å²) in [6.45, 7) is 0.734. The third kappa shape index (κ3) is 4.82. The van der Waals surface area contributed by atoms with Gasteiger partial charge in [-0.15, -0.1) is 0 Å². The fourth-order valence-electron chi connectivity index (χ4n) is 4.94. The van der Waals surface area contributed by atoms with Gasteiger partial charge < -0.3 is 10.1 Å². The van der Waals surface area contributed by atoms with Gasteiger partial charge in [-0.1, -0.05) is 61.7 Å². The summed E-state index contributed by atoms with van der Waals surface area (Å²) in [6.07, 6.45) is 12.2. The van der Waals surface area contributed by atoms with E-state index in [0.29, 0.717) is 36.8 Å². The van der Waals surface area contributed by atoms with Crippen molar-refractivity contribution in [2.45, 2.75) is 63.6 Å². The number of carbonyl (C=O) groups is 1. The van der Waals surface area contributed by atoms with Gasteiger partial charge in [-0.05, 0) is 38.0 Å². The minimum absolute atomic E-state index is 0.0462. The zero-order valence-electron chi connectivity index (χ0n) is 19.3. The number of benzene rings is 1. The van der Waals surface area contributed by atoms with E-state index in [1.54, 1.807) is 0 Å². The van der Waals surface area contributed by atoms with Crippen molar-refractivity contribution in [1.82, 2.24) is 24.9 Å². The highest BCUT2D eigenvalue weighted by Gasteiger charge is 2.40. The van der Waals surface area contributed by atoms with Crippen molar-refractivity contribution < 1.29 is 9.53 Å². The summed E-state index contributed by atoms with van der Waals surface area (Å²) >= 11 is 0. The van der Waals surface area contributed by atoms with E-state index >= 15 is 0 Å². The SMILES string of the molecule is O=C(NCC1C=CCCC1)C1(OCc2cc(=O)n3[nH]c(-c4ccccc4)nc3n2)CCCCC1. The van der Waals surface area contributed by atoms with Gasteiger partial charge in [0.1, 0.15) is 5.60 Å². The number of carbonyl (C=O) groups excluding carboxylic acids is 1. The van der Waals surface area contributed by atoms with Crippen LogP contribution >= 0.6 is 0 Å². The monoisotopic (exact) mass is 461 g/mol. The molecular weight excluding hydrogens is 430 g/mol.